The fourth-order valence-corrected chi connectivity index (χ4v) is 5.99. The molecule has 1 unspecified atom stereocenters. The van der Waals surface area contributed by atoms with Crippen LogP contribution in [0.2, 0.25) is 0 Å². The van der Waals surface area contributed by atoms with Crippen LogP contribution in [0.4, 0.5) is 0 Å². The smallest absolute Gasteiger partial charge is 0.430 e. The first-order valence-electron chi connectivity index (χ1n) is 16.2. The van der Waals surface area contributed by atoms with Gasteiger partial charge in [-0.05, 0) is 19.4 Å². The van der Waals surface area contributed by atoms with Crippen LogP contribution in [0.5, 0.6) is 0 Å². The second-order valence-electron chi connectivity index (χ2n) is 11.2. The van der Waals surface area contributed by atoms with Crippen LogP contribution in [0.1, 0.15) is 116 Å². The highest BCUT2D eigenvalue weighted by atomic mass is 32.2. The van der Waals surface area contributed by atoms with E-state index in [9.17, 15) is 13.5 Å². The fraction of sp³-hybridized carbons (Fsp3) is 0.967. The standard InChI is InChI=1S/C30H61N3O6S/c1-3-4-5-6-7-8-9-10-11-12-13-14-15-16-17-18-20-31-30(34)39-28-29(37-2)27-32-40(35,36)26-19-21-33-22-24-38-25-23-33/h29,32H,3-28H2,1-2H3,(H,31,34)/p+1. The average Bonchev–Trinajstić information content (AvgIpc) is 2.95. The Balaban J connectivity index is 1.96. The van der Waals surface area contributed by atoms with Crippen LogP contribution in [-0.4, -0.2) is 96.0 Å². The number of ether oxygens (including phenoxy) is 3. The molecule has 40 heavy (non-hydrogen) atoms. The highest BCUT2D eigenvalue weighted by Gasteiger charge is 2.18. The third kappa shape index (κ3) is 22.7. The molecule has 1 saturated heterocycles. The molecule has 238 valence electrons. The molecule has 0 amide bonds. The van der Waals surface area contributed by atoms with Gasteiger partial charge in [-0.3, -0.25) is 4.90 Å². The van der Waals surface area contributed by atoms with Gasteiger partial charge in [-0.15, -0.1) is 0 Å². The van der Waals surface area contributed by atoms with Gasteiger partial charge in [0.1, 0.15) is 19.3 Å². The molecule has 0 aromatic rings. The molecular weight excluding hydrogens is 530 g/mol. The van der Waals surface area contributed by atoms with Gasteiger partial charge >= 0.3 is 6.08 Å². The van der Waals surface area contributed by atoms with E-state index in [1.165, 1.54) is 97.0 Å². The number of aliphatic hydroxyl groups excluding tert-OH is 1. The summed E-state index contributed by atoms with van der Waals surface area (Å²) in [5.41, 5.74) is 0. The minimum Gasteiger partial charge on any atom is -0.430 e. The number of methoxy groups -OCH3 is 1. The van der Waals surface area contributed by atoms with Crippen molar-refractivity contribution in [1.82, 2.24) is 9.62 Å². The predicted octanol–water partition coefficient (Wildman–Crippen LogP) is 3.92. The number of aliphatic hydroxyl groups is 1. The fourth-order valence-electron chi connectivity index (χ4n) is 4.90. The molecule has 9 nitrogen and oxygen atoms in total. The molecule has 1 aliphatic heterocycles. The lowest BCUT2D eigenvalue weighted by molar-refractivity contribution is -0.479. The van der Waals surface area contributed by atoms with E-state index in [4.69, 9.17) is 14.2 Å². The van der Waals surface area contributed by atoms with Crippen LogP contribution < -0.4 is 9.71 Å². The zero-order valence-electron chi connectivity index (χ0n) is 25.8. The summed E-state index contributed by atoms with van der Waals surface area (Å²) in [4.78, 5) is 5.10. The summed E-state index contributed by atoms with van der Waals surface area (Å²) in [6, 6.07) is 0. The minimum absolute atomic E-state index is 0.0601. The summed E-state index contributed by atoms with van der Waals surface area (Å²) in [6.07, 6.45) is 21.1. The molecule has 0 spiro atoms. The first kappa shape index (κ1) is 37.1. The van der Waals surface area contributed by atoms with E-state index in [-0.39, 0.29) is 25.0 Å². The first-order valence-corrected chi connectivity index (χ1v) is 17.8. The second kappa shape index (κ2) is 25.7. The summed E-state index contributed by atoms with van der Waals surface area (Å²) >= 11 is 0. The van der Waals surface area contributed by atoms with Crippen molar-refractivity contribution < 1.29 is 32.7 Å². The van der Waals surface area contributed by atoms with Gasteiger partial charge in [0, 0.05) is 33.2 Å². The normalized spacial score (nSPS) is 15.9. The van der Waals surface area contributed by atoms with Crippen molar-refractivity contribution in [2.24, 2.45) is 0 Å². The molecule has 1 rings (SSSR count). The summed E-state index contributed by atoms with van der Waals surface area (Å²) in [5, 5.41) is 9.96. The second-order valence-corrected chi connectivity index (χ2v) is 13.1. The van der Waals surface area contributed by atoms with Gasteiger partial charge in [-0.2, -0.15) is 4.99 Å². The molecule has 1 heterocycles. The van der Waals surface area contributed by atoms with Crippen molar-refractivity contribution in [2.45, 2.75) is 122 Å². The number of morpholine rings is 1. The quantitative estimate of drug-likeness (QED) is 0.0753. The number of hydrogen-bond donors (Lipinski definition) is 3. The number of nitrogens with zero attached hydrogens (tertiary/aromatic N) is 1. The molecular formula is C30H62N3O6S+. The van der Waals surface area contributed by atoms with E-state index >= 15 is 0 Å². The Morgan fingerprint density at radius 1 is 0.875 bits per heavy atom. The Bertz CT molecular complexity index is 702. The average molecular weight is 593 g/mol. The molecule has 0 aliphatic carbocycles. The van der Waals surface area contributed by atoms with Gasteiger partial charge in [0.15, 0.2) is 0 Å². The topological polar surface area (TPSA) is 111 Å². The number of sulfonamides is 1. The molecule has 1 atom stereocenters. The van der Waals surface area contributed by atoms with E-state index in [2.05, 4.69) is 21.5 Å². The summed E-state index contributed by atoms with van der Waals surface area (Å²) in [5.74, 6) is 0.0693. The summed E-state index contributed by atoms with van der Waals surface area (Å²) < 4.78 is 43.1. The molecule has 0 radical (unpaired) electrons. The Kier molecular flexibility index (Phi) is 23.9. The lowest BCUT2D eigenvalue weighted by atomic mass is 10.0. The van der Waals surface area contributed by atoms with Gasteiger partial charge in [-0.25, -0.2) is 13.1 Å². The highest BCUT2D eigenvalue weighted by Crippen LogP contribution is 2.13. The third-order valence-corrected chi connectivity index (χ3v) is 9.00. The van der Waals surface area contributed by atoms with E-state index < -0.39 is 16.1 Å². The Hall–Kier alpha value is -0.940. The number of rotatable bonds is 27. The molecule has 3 N–H and O–H groups in total. The Morgan fingerprint density at radius 2 is 1.40 bits per heavy atom. The van der Waals surface area contributed by atoms with Crippen molar-refractivity contribution in [3.8, 4) is 0 Å². The van der Waals surface area contributed by atoms with Crippen molar-refractivity contribution in [3.05, 3.63) is 0 Å². The van der Waals surface area contributed by atoms with Crippen LogP contribution in [0.15, 0.2) is 0 Å². The lowest BCUT2D eigenvalue weighted by Crippen LogP contribution is -2.74. The van der Waals surface area contributed by atoms with Gasteiger partial charge in [0.2, 0.25) is 10.0 Å². The molecule has 1 aliphatic rings. The van der Waals surface area contributed by atoms with Gasteiger partial charge < -0.3 is 19.3 Å². The highest BCUT2D eigenvalue weighted by molar-refractivity contribution is 7.89. The maximum absolute atomic E-state index is 12.3. The molecule has 0 bridgehead atoms. The molecule has 0 saturated carbocycles. The van der Waals surface area contributed by atoms with Crippen LogP contribution in [0.3, 0.4) is 0 Å². The number of unbranched alkanes of at least 4 members (excludes halogenated alkanes) is 15. The largest absolute Gasteiger partial charge is 0.545 e. The lowest BCUT2D eigenvalue weighted by Gasteiger charge is -2.26. The van der Waals surface area contributed by atoms with Crippen LogP contribution in [0.25, 0.3) is 0 Å². The molecule has 0 aromatic heterocycles. The van der Waals surface area contributed by atoms with Crippen molar-refractivity contribution in [3.63, 3.8) is 0 Å². The van der Waals surface area contributed by atoms with Gasteiger partial charge in [-0.1, -0.05) is 96.8 Å². The summed E-state index contributed by atoms with van der Waals surface area (Å²) in [7, 11) is -1.89. The Morgan fingerprint density at radius 3 is 1.93 bits per heavy atom. The van der Waals surface area contributed by atoms with E-state index in [0.717, 1.165) is 32.5 Å². The maximum Gasteiger partial charge on any atom is 0.545 e. The maximum atomic E-state index is 12.3. The monoisotopic (exact) mass is 592 g/mol. The van der Waals surface area contributed by atoms with Gasteiger partial charge in [0.25, 0.3) is 0 Å². The zero-order chi connectivity index (χ0) is 29.2. The minimum atomic E-state index is -3.39. The number of nitrogens with one attached hydrogen (secondary N) is 2. The van der Waals surface area contributed by atoms with Crippen LogP contribution >= 0.6 is 0 Å². The van der Waals surface area contributed by atoms with Gasteiger partial charge in [0.05, 0.1) is 19.0 Å². The third-order valence-electron chi connectivity index (χ3n) is 7.57. The van der Waals surface area contributed by atoms with E-state index in [1.54, 1.807) is 0 Å². The molecule has 0 aromatic carbocycles. The van der Waals surface area contributed by atoms with Crippen molar-refractivity contribution >= 4 is 16.1 Å². The SMILES string of the molecule is CCCCCCCCCCCCCCCCCC[NH+]=C(O)OCC(CNS(=O)(=O)CCCN1CCOCC1)OC. The first-order chi connectivity index (χ1) is 19.5. The molecule has 10 heteroatoms. The van der Waals surface area contributed by atoms with Crippen molar-refractivity contribution in [2.75, 3.05) is 65.4 Å². The van der Waals surface area contributed by atoms with E-state index in [0.29, 0.717) is 26.2 Å². The van der Waals surface area contributed by atoms with Crippen LogP contribution in [-0.2, 0) is 24.2 Å². The van der Waals surface area contributed by atoms with E-state index in [1.807, 2.05) is 0 Å². The Labute approximate surface area is 245 Å². The number of hydrogen-bond acceptors (Lipinski definition) is 6. The zero-order valence-corrected chi connectivity index (χ0v) is 26.6. The van der Waals surface area contributed by atoms with Crippen molar-refractivity contribution in [1.29, 1.82) is 0 Å². The molecule has 1 fully saturated rings. The summed E-state index contributed by atoms with van der Waals surface area (Å²) in [6.45, 7) is 6.94. The predicted molar refractivity (Wildman–Crippen MR) is 163 cm³/mol. The van der Waals surface area contributed by atoms with Crippen LogP contribution in [0, 0.1) is 0 Å².